The summed E-state index contributed by atoms with van der Waals surface area (Å²) in [4.78, 5) is 10.3. The summed E-state index contributed by atoms with van der Waals surface area (Å²) in [6, 6.07) is 0. The smallest absolute Gasteiger partial charge is 0.405 e. The Morgan fingerprint density at radius 2 is 1.77 bits per heavy atom. The summed E-state index contributed by atoms with van der Waals surface area (Å²) in [6.07, 6.45) is -2.13. The molecule has 0 spiro atoms. The molecule has 0 fully saturated rings. The van der Waals surface area contributed by atoms with Crippen LogP contribution >= 0.6 is 0 Å². The number of carbonyl (C=O) groups is 1. The summed E-state index contributed by atoms with van der Waals surface area (Å²) < 4.78 is 38.8. The maximum atomic E-state index is 11.7. The summed E-state index contributed by atoms with van der Waals surface area (Å²) in [5, 5.41) is 0. The van der Waals surface area contributed by atoms with E-state index >= 15 is 0 Å². The molecular weight excluding hydrogens is 185 g/mol. The second-order valence-electron chi connectivity index (χ2n) is 2.06. The van der Waals surface area contributed by atoms with Crippen molar-refractivity contribution in [1.82, 2.24) is 0 Å². The van der Waals surface area contributed by atoms with Crippen molar-refractivity contribution in [3.8, 4) is 0 Å². The monoisotopic (exact) mass is 194 g/mol. The average Bonchev–Trinajstić information content (AvgIpc) is 2.02. The molecule has 0 rings (SSSR count). The van der Waals surface area contributed by atoms with Gasteiger partial charge >= 0.3 is 6.36 Å². The molecule has 2 nitrogen and oxygen atoms in total. The molecule has 0 aliphatic carbocycles. The van der Waals surface area contributed by atoms with Gasteiger partial charge < -0.3 is 4.74 Å². The van der Waals surface area contributed by atoms with Gasteiger partial charge in [-0.05, 0) is 19.9 Å². The molecule has 0 aromatic rings. The van der Waals surface area contributed by atoms with E-state index in [0.717, 1.165) is 6.08 Å². The third-order valence-corrected chi connectivity index (χ3v) is 1.21. The van der Waals surface area contributed by atoms with Crippen LogP contribution in [0.25, 0.3) is 0 Å². The van der Waals surface area contributed by atoms with E-state index in [1.54, 1.807) is 0 Å². The molecule has 0 aromatic heterocycles. The van der Waals surface area contributed by atoms with Gasteiger partial charge in [-0.1, -0.05) is 6.08 Å². The first-order valence-corrected chi connectivity index (χ1v) is 3.48. The van der Waals surface area contributed by atoms with Crippen molar-refractivity contribution in [1.29, 1.82) is 0 Å². The summed E-state index contributed by atoms with van der Waals surface area (Å²) >= 11 is 0. The van der Waals surface area contributed by atoms with Crippen LogP contribution in [0.5, 0.6) is 0 Å². The molecule has 0 saturated carbocycles. The molecule has 0 atom stereocenters. The lowest BCUT2D eigenvalue weighted by Crippen LogP contribution is -2.14. The van der Waals surface area contributed by atoms with Crippen molar-refractivity contribution in [2.75, 3.05) is 0 Å². The van der Waals surface area contributed by atoms with E-state index in [-0.39, 0.29) is 5.57 Å². The SMILES string of the molecule is CC=C(C=O)C(=CC)OC(F)(F)F. The van der Waals surface area contributed by atoms with Gasteiger partial charge in [0.15, 0.2) is 6.29 Å². The van der Waals surface area contributed by atoms with E-state index in [9.17, 15) is 18.0 Å². The summed E-state index contributed by atoms with van der Waals surface area (Å²) in [7, 11) is 0. The molecule has 13 heavy (non-hydrogen) atoms. The summed E-state index contributed by atoms with van der Waals surface area (Å²) in [5.41, 5.74) is -0.125. The molecular formula is C8H9F3O2. The quantitative estimate of drug-likeness (QED) is 0.298. The van der Waals surface area contributed by atoms with Crippen LogP contribution in [0, 0.1) is 0 Å². The van der Waals surface area contributed by atoms with Crippen molar-refractivity contribution < 1.29 is 22.7 Å². The van der Waals surface area contributed by atoms with E-state index in [1.807, 2.05) is 0 Å². The molecule has 0 bridgehead atoms. The van der Waals surface area contributed by atoms with Crippen LogP contribution in [-0.4, -0.2) is 12.6 Å². The van der Waals surface area contributed by atoms with Gasteiger partial charge in [-0.2, -0.15) is 0 Å². The van der Waals surface area contributed by atoms with Gasteiger partial charge in [0.2, 0.25) is 0 Å². The first-order valence-electron chi connectivity index (χ1n) is 3.48. The van der Waals surface area contributed by atoms with Crippen LogP contribution in [0.3, 0.4) is 0 Å². The number of hydrogen-bond donors (Lipinski definition) is 0. The summed E-state index contributed by atoms with van der Waals surface area (Å²) in [6.45, 7) is 2.81. The van der Waals surface area contributed by atoms with Gasteiger partial charge in [-0.3, -0.25) is 4.79 Å². The zero-order valence-electron chi connectivity index (χ0n) is 7.18. The maximum Gasteiger partial charge on any atom is 0.573 e. The normalized spacial score (nSPS) is 14.2. The van der Waals surface area contributed by atoms with Crippen molar-refractivity contribution in [2.45, 2.75) is 20.2 Å². The molecule has 0 aliphatic rings. The first-order chi connectivity index (χ1) is 5.94. The minimum Gasteiger partial charge on any atom is -0.405 e. The number of hydrogen-bond acceptors (Lipinski definition) is 2. The topological polar surface area (TPSA) is 26.3 Å². The Kier molecular flexibility index (Phi) is 4.23. The van der Waals surface area contributed by atoms with E-state index in [0.29, 0.717) is 6.29 Å². The molecule has 74 valence electrons. The minimum absolute atomic E-state index is 0.125. The van der Waals surface area contributed by atoms with E-state index < -0.39 is 12.1 Å². The Morgan fingerprint density at radius 3 is 2.00 bits per heavy atom. The van der Waals surface area contributed by atoms with E-state index in [2.05, 4.69) is 4.74 Å². The number of allylic oxidation sites excluding steroid dienone is 3. The number of ether oxygens (including phenoxy) is 1. The molecule has 0 N–H and O–H groups in total. The number of aldehydes is 1. The molecule has 0 aromatic carbocycles. The molecule has 5 heteroatoms. The lowest BCUT2D eigenvalue weighted by atomic mass is 10.2. The Morgan fingerprint density at radius 1 is 1.23 bits per heavy atom. The van der Waals surface area contributed by atoms with Gasteiger partial charge in [0, 0.05) is 0 Å². The zero-order chi connectivity index (χ0) is 10.5. The number of halogens is 3. The molecule has 0 amide bonds. The fourth-order valence-electron chi connectivity index (χ4n) is 0.678. The van der Waals surface area contributed by atoms with Crippen LogP contribution in [-0.2, 0) is 9.53 Å². The van der Waals surface area contributed by atoms with Gasteiger partial charge in [0.1, 0.15) is 5.76 Å². The molecule has 0 unspecified atom stereocenters. The fraction of sp³-hybridized carbons (Fsp3) is 0.375. The number of rotatable bonds is 3. The first kappa shape index (κ1) is 11.7. The average molecular weight is 194 g/mol. The highest BCUT2D eigenvalue weighted by Gasteiger charge is 2.32. The van der Waals surface area contributed by atoms with Crippen molar-refractivity contribution in [3.05, 3.63) is 23.5 Å². The van der Waals surface area contributed by atoms with Crippen LogP contribution in [0.2, 0.25) is 0 Å². The lowest BCUT2D eigenvalue weighted by molar-refractivity contribution is -0.303. The van der Waals surface area contributed by atoms with Gasteiger partial charge in [-0.15, -0.1) is 13.2 Å². The third kappa shape index (κ3) is 4.35. The second-order valence-corrected chi connectivity index (χ2v) is 2.06. The minimum atomic E-state index is -4.76. The van der Waals surface area contributed by atoms with E-state index in [1.165, 1.54) is 19.9 Å². The van der Waals surface area contributed by atoms with Gasteiger partial charge in [-0.25, -0.2) is 0 Å². The highest BCUT2D eigenvalue weighted by molar-refractivity contribution is 5.78. The Labute approximate surface area is 73.7 Å². The van der Waals surface area contributed by atoms with Crippen LogP contribution < -0.4 is 0 Å². The predicted octanol–water partition coefficient (Wildman–Crippen LogP) is 2.57. The molecule has 0 radical (unpaired) electrons. The highest BCUT2D eigenvalue weighted by Crippen LogP contribution is 2.23. The zero-order valence-corrected chi connectivity index (χ0v) is 7.18. The third-order valence-electron chi connectivity index (χ3n) is 1.21. The van der Waals surface area contributed by atoms with Gasteiger partial charge in [0.25, 0.3) is 0 Å². The Balaban J connectivity index is 4.65. The lowest BCUT2D eigenvalue weighted by Gasteiger charge is -2.11. The molecule has 0 aliphatic heterocycles. The highest BCUT2D eigenvalue weighted by atomic mass is 19.4. The second kappa shape index (κ2) is 4.69. The van der Waals surface area contributed by atoms with Crippen molar-refractivity contribution in [3.63, 3.8) is 0 Å². The maximum absolute atomic E-state index is 11.7. The van der Waals surface area contributed by atoms with E-state index in [4.69, 9.17) is 0 Å². The predicted molar refractivity (Wildman–Crippen MR) is 40.7 cm³/mol. The standard InChI is InChI=1S/C8H9F3O2/c1-3-6(5-12)7(4-2)13-8(9,10)11/h3-5H,1-2H3. The van der Waals surface area contributed by atoms with Crippen molar-refractivity contribution in [2.24, 2.45) is 0 Å². The Hall–Kier alpha value is -1.26. The largest absolute Gasteiger partial charge is 0.573 e. The number of alkyl halides is 3. The van der Waals surface area contributed by atoms with Crippen LogP contribution in [0.15, 0.2) is 23.5 Å². The molecule has 0 heterocycles. The summed E-state index contributed by atoms with van der Waals surface area (Å²) in [5.74, 6) is -0.481. The van der Waals surface area contributed by atoms with Crippen LogP contribution in [0.4, 0.5) is 13.2 Å². The number of carbonyl (C=O) groups excluding carboxylic acids is 1. The Bertz CT molecular complexity index is 238. The van der Waals surface area contributed by atoms with Crippen LogP contribution in [0.1, 0.15) is 13.8 Å². The fourth-order valence-corrected chi connectivity index (χ4v) is 0.678. The van der Waals surface area contributed by atoms with Crippen molar-refractivity contribution >= 4 is 6.29 Å². The van der Waals surface area contributed by atoms with Gasteiger partial charge in [0.05, 0.1) is 5.57 Å². The molecule has 0 saturated heterocycles.